The number of nitrogens with zero attached hydrogens (tertiary/aromatic N) is 2. The molecule has 1 aliphatic heterocycles. The minimum atomic E-state index is -3.07. The number of carbonyl (C=O) groups excluding carboxylic acids is 1. The van der Waals surface area contributed by atoms with Gasteiger partial charge in [-0.1, -0.05) is 42.4 Å². The van der Waals surface area contributed by atoms with Crippen LogP contribution in [0.3, 0.4) is 0 Å². The summed E-state index contributed by atoms with van der Waals surface area (Å²) in [6.45, 7) is 4.20. The lowest BCUT2D eigenvalue weighted by Gasteiger charge is -2.28. The van der Waals surface area contributed by atoms with Crippen molar-refractivity contribution in [3.05, 3.63) is 41.7 Å². The molecule has 0 N–H and O–H groups in total. The van der Waals surface area contributed by atoms with E-state index in [1.807, 2.05) is 37.3 Å². The third-order valence-electron chi connectivity index (χ3n) is 4.50. The summed E-state index contributed by atoms with van der Waals surface area (Å²) in [7, 11) is -3.07. The van der Waals surface area contributed by atoms with Gasteiger partial charge in [-0.25, -0.2) is 8.42 Å². The number of aryl methyl sites for hydroxylation is 1. The van der Waals surface area contributed by atoms with E-state index in [0.717, 1.165) is 12.0 Å². The zero-order chi connectivity index (χ0) is 18.0. The van der Waals surface area contributed by atoms with Crippen LogP contribution in [-0.4, -0.2) is 48.5 Å². The fourth-order valence-corrected chi connectivity index (χ4v) is 5.00. The molecule has 1 saturated heterocycles. The normalized spacial score (nSPS) is 19.0. The summed E-state index contributed by atoms with van der Waals surface area (Å²) in [6, 6.07) is 9.11. The summed E-state index contributed by atoms with van der Waals surface area (Å²) in [5.74, 6) is 0.413. The van der Waals surface area contributed by atoms with Gasteiger partial charge >= 0.3 is 0 Å². The van der Waals surface area contributed by atoms with Crippen molar-refractivity contribution in [3.8, 4) is 11.3 Å². The Morgan fingerprint density at radius 1 is 1.32 bits per heavy atom. The predicted octanol–water partition coefficient (Wildman–Crippen LogP) is 2.69. The van der Waals surface area contributed by atoms with E-state index < -0.39 is 9.84 Å². The first-order chi connectivity index (χ1) is 11.9. The van der Waals surface area contributed by atoms with E-state index in [1.165, 1.54) is 0 Å². The smallest absolute Gasteiger partial charge is 0.260 e. The fourth-order valence-electron chi connectivity index (χ4n) is 3.27. The quantitative estimate of drug-likeness (QED) is 0.817. The molecule has 1 atom stereocenters. The predicted molar refractivity (Wildman–Crippen MR) is 95.1 cm³/mol. The molecule has 1 aromatic heterocycles. The number of sulfone groups is 1. The molecule has 1 fully saturated rings. The van der Waals surface area contributed by atoms with Crippen LogP contribution in [0.4, 0.5) is 0 Å². The Bertz CT molecular complexity index is 858. The highest BCUT2D eigenvalue weighted by Gasteiger charge is 2.36. The minimum absolute atomic E-state index is 0.0315. The third kappa shape index (κ3) is 3.61. The first-order valence-corrected chi connectivity index (χ1v) is 10.3. The molecule has 7 heteroatoms. The lowest BCUT2D eigenvalue weighted by Crippen LogP contribution is -2.42. The summed E-state index contributed by atoms with van der Waals surface area (Å²) in [5, 5.41) is 4.06. The molecule has 6 nitrogen and oxygen atoms in total. The minimum Gasteiger partial charge on any atom is -0.360 e. The number of hydrogen-bond donors (Lipinski definition) is 0. The van der Waals surface area contributed by atoms with Gasteiger partial charge in [0.15, 0.2) is 9.84 Å². The van der Waals surface area contributed by atoms with Gasteiger partial charge in [0.25, 0.3) is 5.91 Å². The Morgan fingerprint density at radius 2 is 2.04 bits per heavy atom. The summed E-state index contributed by atoms with van der Waals surface area (Å²) in [6.07, 6.45) is 1.24. The topological polar surface area (TPSA) is 80.5 Å². The van der Waals surface area contributed by atoms with Crippen molar-refractivity contribution in [2.24, 2.45) is 0 Å². The summed E-state index contributed by atoms with van der Waals surface area (Å²) >= 11 is 0. The Labute approximate surface area is 147 Å². The number of amides is 1. The van der Waals surface area contributed by atoms with Crippen molar-refractivity contribution in [1.82, 2.24) is 10.1 Å². The van der Waals surface area contributed by atoms with Crippen LogP contribution >= 0.6 is 0 Å². The third-order valence-corrected chi connectivity index (χ3v) is 6.25. The van der Waals surface area contributed by atoms with Gasteiger partial charge in [-0.2, -0.15) is 0 Å². The van der Waals surface area contributed by atoms with Gasteiger partial charge in [0.05, 0.1) is 11.5 Å². The number of rotatable bonds is 5. The molecule has 1 unspecified atom stereocenters. The Kier molecular flexibility index (Phi) is 4.94. The molecular formula is C18H22N2O4S. The number of benzene rings is 1. The van der Waals surface area contributed by atoms with E-state index in [-0.39, 0.29) is 23.5 Å². The van der Waals surface area contributed by atoms with Crippen molar-refractivity contribution in [2.75, 3.05) is 18.1 Å². The summed E-state index contributed by atoms with van der Waals surface area (Å²) in [5.41, 5.74) is 1.73. The van der Waals surface area contributed by atoms with Crippen LogP contribution in [0, 0.1) is 6.92 Å². The van der Waals surface area contributed by atoms with Crippen molar-refractivity contribution < 1.29 is 17.7 Å². The molecule has 1 aromatic carbocycles. The molecule has 3 rings (SSSR count). The molecule has 1 amide bonds. The monoisotopic (exact) mass is 362 g/mol. The molecular weight excluding hydrogens is 340 g/mol. The summed E-state index contributed by atoms with van der Waals surface area (Å²) in [4.78, 5) is 14.9. The van der Waals surface area contributed by atoms with Gasteiger partial charge in [0.2, 0.25) is 0 Å². The average molecular weight is 362 g/mol. The lowest BCUT2D eigenvalue weighted by molar-refractivity contribution is 0.0696. The molecule has 25 heavy (non-hydrogen) atoms. The van der Waals surface area contributed by atoms with Crippen molar-refractivity contribution >= 4 is 15.7 Å². The van der Waals surface area contributed by atoms with Gasteiger partial charge in [-0.15, -0.1) is 0 Å². The molecule has 0 bridgehead atoms. The van der Waals surface area contributed by atoms with Crippen molar-refractivity contribution in [2.45, 2.75) is 32.7 Å². The van der Waals surface area contributed by atoms with Crippen LogP contribution in [0.25, 0.3) is 11.3 Å². The average Bonchev–Trinajstić information content (AvgIpc) is 3.15. The maximum Gasteiger partial charge on any atom is 0.260 e. The second-order valence-corrected chi connectivity index (χ2v) is 8.61. The van der Waals surface area contributed by atoms with E-state index in [4.69, 9.17) is 4.52 Å². The Hall–Kier alpha value is -2.15. The molecule has 0 saturated carbocycles. The van der Waals surface area contributed by atoms with E-state index in [0.29, 0.717) is 30.0 Å². The number of hydrogen-bond acceptors (Lipinski definition) is 5. The molecule has 2 heterocycles. The molecule has 1 aliphatic rings. The fraction of sp³-hybridized carbons (Fsp3) is 0.444. The first kappa shape index (κ1) is 17.7. The van der Waals surface area contributed by atoms with Gasteiger partial charge in [0.1, 0.15) is 17.0 Å². The van der Waals surface area contributed by atoms with Crippen LogP contribution < -0.4 is 0 Å². The highest BCUT2D eigenvalue weighted by Crippen LogP contribution is 2.28. The summed E-state index contributed by atoms with van der Waals surface area (Å²) < 4.78 is 29.0. The molecule has 134 valence electrons. The Morgan fingerprint density at radius 3 is 2.64 bits per heavy atom. The highest BCUT2D eigenvalue weighted by atomic mass is 32.2. The van der Waals surface area contributed by atoms with Gasteiger partial charge in [0, 0.05) is 18.2 Å². The van der Waals surface area contributed by atoms with E-state index in [1.54, 1.807) is 11.8 Å². The maximum absolute atomic E-state index is 13.2. The van der Waals surface area contributed by atoms with Crippen molar-refractivity contribution in [1.29, 1.82) is 0 Å². The second-order valence-electron chi connectivity index (χ2n) is 6.38. The zero-order valence-corrected chi connectivity index (χ0v) is 15.3. The Balaban J connectivity index is 1.97. The SMILES string of the molecule is CCCN(C(=O)c1c(-c2ccccc2)noc1C)C1CCS(=O)(=O)C1. The van der Waals surface area contributed by atoms with Gasteiger partial charge in [-0.05, 0) is 19.8 Å². The molecule has 0 radical (unpaired) electrons. The second kappa shape index (κ2) is 7.00. The van der Waals surface area contributed by atoms with Crippen LogP contribution in [0.1, 0.15) is 35.9 Å². The molecule has 0 aliphatic carbocycles. The van der Waals surface area contributed by atoms with E-state index in [9.17, 15) is 13.2 Å². The molecule has 0 spiro atoms. The van der Waals surface area contributed by atoms with Crippen LogP contribution in [0.15, 0.2) is 34.9 Å². The standard InChI is InChI=1S/C18H22N2O4S/c1-3-10-20(15-9-11-25(22,23)12-15)18(21)16-13(2)24-19-17(16)14-7-5-4-6-8-14/h4-8,15H,3,9-12H2,1-2H3. The number of carbonyl (C=O) groups is 1. The maximum atomic E-state index is 13.2. The highest BCUT2D eigenvalue weighted by molar-refractivity contribution is 7.91. The van der Waals surface area contributed by atoms with Gasteiger partial charge in [-0.3, -0.25) is 4.79 Å². The van der Waals surface area contributed by atoms with E-state index in [2.05, 4.69) is 5.16 Å². The van der Waals surface area contributed by atoms with Gasteiger partial charge < -0.3 is 9.42 Å². The largest absolute Gasteiger partial charge is 0.360 e. The van der Waals surface area contributed by atoms with Crippen molar-refractivity contribution in [3.63, 3.8) is 0 Å². The number of aromatic nitrogens is 1. The van der Waals surface area contributed by atoms with Crippen LogP contribution in [-0.2, 0) is 9.84 Å². The lowest BCUT2D eigenvalue weighted by atomic mass is 10.0. The first-order valence-electron chi connectivity index (χ1n) is 8.46. The van der Waals surface area contributed by atoms with Crippen LogP contribution in [0.2, 0.25) is 0 Å². The molecule has 2 aromatic rings. The van der Waals surface area contributed by atoms with E-state index >= 15 is 0 Å². The van der Waals surface area contributed by atoms with Crippen LogP contribution in [0.5, 0.6) is 0 Å². The zero-order valence-electron chi connectivity index (χ0n) is 14.4.